The highest BCUT2D eigenvalue weighted by atomic mass is 32.2. The summed E-state index contributed by atoms with van der Waals surface area (Å²) in [7, 11) is -3.44. The van der Waals surface area contributed by atoms with Gasteiger partial charge >= 0.3 is 6.36 Å². The largest absolute Gasteiger partial charge is 0.573 e. The highest BCUT2D eigenvalue weighted by molar-refractivity contribution is 7.90. The van der Waals surface area contributed by atoms with Crippen LogP contribution in [0.25, 0.3) is 11.1 Å². The zero-order chi connectivity index (χ0) is 15.7. The number of halogens is 3. The van der Waals surface area contributed by atoms with Gasteiger partial charge in [-0.3, -0.25) is 0 Å². The van der Waals surface area contributed by atoms with E-state index in [-0.39, 0.29) is 16.2 Å². The molecule has 0 heterocycles. The lowest BCUT2D eigenvalue weighted by Gasteiger charge is -2.13. The number of benzene rings is 2. The molecule has 0 bridgehead atoms. The molecule has 0 spiro atoms. The predicted octanol–water partition coefficient (Wildman–Crippen LogP) is 3.66. The van der Waals surface area contributed by atoms with E-state index in [1.807, 2.05) is 0 Å². The smallest absolute Gasteiger partial charge is 0.405 e. The molecular formula is C14H11F3O3S. The molecule has 0 radical (unpaired) electrons. The Hall–Kier alpha value is -2.02. The molecule has 7 heteroatoms. The SMILES string of the molecule is CS(=O)(=O)c1cccc(-c2ccccc2OC(F)(F)F)c1. The molecule has 0 amide bonds. The Balaban J connectivity index is 2.53. The van der Waals surface area contributed by atoms with Gasteiger partial charge in [-0.05, 0) is 23.8 Å². The van der Waals surface area contributed by atoms with Crippen LogP contribution in [0.15, 0.2) is 53.4 Å². The molecular weight excluding hydrogens is 305 g/mol. The van der Waals surface area contributed by atoms with Gasteiger partial charge in [0.15, 0.2) is 9.84 Å². The summed E-state index contributed by atoms with van der Waals surface area (Å²) in [6, 6.07) is 11.2. The van der Waals surface area contributed by atoms with Crippen molar-refractivity contribution in [1.29, 1.82) is 0 Å². The second kappa shape index (κ2) is 5.40. The zero-order valence-electron chi connectivity index (χ0n) is 10.9. The van der Waals surface area contributed by atoms with Crippen LogP contribution in [0.3, 0.4) is 0 Å². The molecule has 0 unspecified atom stereocenters. The van der Waals surface area contributed by atoms with Gasteiger partial charge in [-0.15, -0.1) is 13.2 Å². The monoisotopic (exact) mass is 316 g/mol. The summed E-state index contributed by atoms with van der Waals surface area (Å²) in [6.45, 7) is 0. The maximum atomic E-state index is 12.4. The third-order valence-corrected chi connectivity index (χ3v) is 3.80. The number of hydrogen-bond donors (Lipinski definition) is 0. The van der Waals surface area contributed by atoms with E-state index >= 15 is 0 Å². The Bertz CT molecular complexity index is 752. The van der Waals surface area contributed by atoms with Crippen LogP contribution in [-0.2, 0) is 9.84 Å². The quantitative estimate of drug-likeness (QED) is 0.868. The third-order valence-electron chi connectivity index (χ3n) is 2.69. The minimum absolute atomic E-state index is 0.0295. The number of rotatable bonds is 3. The van der Waals surface area contributed by atoms with E-state index in [9.17, 15) is 21.6 Å². The van der Waals surface area contributed by atoms with Crippen molar-refractivity contribution in [2.24, 2.45) is 0 Å². The molecule has 112 valence electrons. The van der Waals surface area contributed by atoms with Gasteiger partial charge in [-0.25, -0.2) is 8.42 Å². The number of ether oxygens (including phenoxy) is 1. The van der Waals surface area contributed by atoms with Crippen LogP contribution in [0.4, 0.5) is 13.2 Å². The summed E-state index contributed by atoms with van der Waals surface area (Å²) in [5.74, 6) is -0.379. The first kappa shape index (κ1) is 15.4. The van der Waals surface area contributed by atoms with Crippen LogP contribution < -0.4 is 4.74 Å². The molecule has 0 aromatic heterocycles. The molecule has 3 nitrogen and oxygen atoms in total. The molecule has 0 saturated heterocycles. The van der Waals surface area contributed by atoms with E-state index in [2.05, 4.69) is 4.74 Å². The van der Waals surface area contributed by atoms with Gasteiger partial charge in [-0.1, -0.05) is 30.3 Å². The Labute approximate surface area is 119 Å². The van der Waals surface area contributed by atoms with Crippen LogP contribution in [0, 0.1) is 0 Å². The average molecular weight is 316 g/mol. The Morgan fingerprint density at radius 3 is 2.29 bits per heavy atom. The fraction of sp³-hybridized carbons (Fsp3) is 0.143. The summed E-state index contributed by atoms with van der Waals surface area (Å²) >= 11 is 0. The van der Waals surface area contributed by atoms with Gasteiger partial charge in [0.25, 0.3) is 0 Å². The van der Waals surface area contributed by atoms with E-state index in [1.165, 1.54) is 42.5 Å². The second-order valence-corrected chi connectivity index (χ2v) is 6.36. The normalized spacial score (nSPS) is 12.2. The van der Waals surface area contributed by atoms with Crippen LogP contribution in [-0.4, -0.2) is 21.0 Å². The molecule has 0 N–H and O–H groups in total. The van der Waals surface area contributed by atoms with Crippen LogP contribution in [0.1, 0.15) is 0 Å². The minimum atomic E-state index is -4.81. The maximum absolute atomic E-state index is 12.4. The molecule has 2 aromatic carbocycles. The Morgan fingerprint density at radius 2 is 1.67 bits per heavy atom. The van der Waals surface area contributed by atoms with E-state index < -0.39 is 16.2 Å². The van der Waals surface area contributed by atoms with Crippen molar-refractivity contribution in [3.05, 3.63) is 48.5 Å². The molecule has 21 heavy (non-hydrogen) atoms. The number of sulfone groups is 1. The lowest BCUT2D eigenvalue weighted by atomic mass is 10.1. The number of alkyl halides is 3. The predicted molar refractivity (Wildman–Crippen MR) is 71.7 cm³/mol. The molecule has 0 aliphatic rings. The van der Waals surface area contributed by atoms with E-state index in [0.29, 0.717) is 5.56 Å². The van der Waals surface area contributed by atoms with Crippen molar-refractivity contribution < 1.29 is 26.3 Å². The lowest BCUT2D eigenvalue weighted by Crippen LogP contribution is -2.17. The first-order valence-electron chi connectivity index (χ1n) is 5.82. The van der Waals surface area contributed by atoms with Crippen molar-refractivity contribution in [3.63, 3.8) is 0 Å². The summed E-state index contributed by atoms with van der Waals surface area (Å²) < 4.78 is 64.2. The first-order chi connectivity index (χ1) is 9.67. The maximum Gasteiger partial charge on any atom is 0.573 e. The number of hydrogen-bond acceptors (Lipinski definition) is 3. The Kier molecular flexibility index (Phi) is 3.95. The van der Waals surface area contributed by atoms with Gasteiger partial charge < -0.3 is 4.74 Å². The standard InChI is InChI=1S/C14H11F3O3S/c1-21(18,19)11-6-4-5-10(9-11)12-7-2-3-8-13(12)20-14(15,16)17/h2-9H,1H3. The van der Waals surface area contributed by atoms with Crippen LogP contribution >= 0.6 is 0 Å². The highest BCUT2D eigenvalue weighted by Gasteiger charge is 2.32. The molecule has 2 aromatic rings. The van der Waals surface area contributed by atoms with Crippen molar-refractivity contribution in [3.8, 4) is 16.9 Å². The van der Waals surface area contributed by atoms with Gasteiger partial charge in [0.2, 0.25) is 0 Å². The second-order valence-electron chi connectivity index (χ2n) is 4.34. The highest BCUT2D eigenvalue weighted by Crippen LogP contribution is 2.34. The van der Waals surface area contributed by atoms with Crippen molar-refractivity contribution >= 4 is 9.84 Å². The fourth-order valence-corrected chi connectivity index (χ4v) is 2.48. The first-order valence-corrected chi connectivity index (χ1v) is 7.71. The molecule has 0 aliphatic carbocycles. The molecule has 0 aliphatic heterocycles. The summed E-state index contributed by atoms with van der Waals surface area (Å²) in [6.07, 6.45) is -3.78. The Morgan fingerprint density at radius 1 is 1.00 bits per heavy atom. The van der Waals surface area contributed by atoms with E-state index in [0.717, 1.165) is 6.26 Å². The summed E-state index contributed by atoms with van der Waals surface area (Å²) in [4.78, 5) is 0.0295. The minimum Gasteiger partial charge on any atom is -0.405 e. The van der Waals surface area contributed by atoms with E-state index in [4.69, 9.17) is 0 Å². The van der Waals surface area contributed by atoms with Crippen molar-refractivity contribution in [2.45, 2.75) is 11.3 Å². The average Bonchev–Trinajstić information content (AvgIpc) is 2.37. The summed E-state index contributed by atoms with van der Waals surface area (Å²) in [5, 5.41) is 0. The fourth-order valence-electron chi connectivity index (χ4n) is 1.81. The van der Waals surface area contributed by atoms with Crippen LogP contribution in [0.2, 0.25) is 0 Å². The molecule has 2 rings (SSSR count). The number of para-hydroxylation sites is 1. The third kappa shape index (κ3) is 3.98. The van der Waals surface area contributed by atoms with Crippen molar-refractivity contribution in [2.75, 3.05) is 6.26 Å². The molecule has 0 fully saturated rings. The van der Waals surface area contributed by atoms with Crippen molar-refractivity contribution in [1.82, 2.24) is 0 Å². The van der Waals surface area contributed by atoms with E-state index in [1.54, 1.807) is 6.07 Å². The van der Waals surface area contributed by atoms with Crippen LogP contribution in [0.5, 0.6) is 5.75 Å². The zero-order valence-corrected chi connectivity index (χ0v) is 11.7. The summed E-state index contributed by atoms with van der Waals surface area (Å²) in [5.41, 5.74) is 0.498. The van der Waals surface area contributed by atoms with Gasteiger partial charge in [0.1, 0.15) is 5.75 Å². The van der Waals surface area contributed by atoms with Gasteiger partial charge in [0, 0.05) is 11.8 Å². The lowest BCUT2D eigenvalue weighted by molar-refractivity contribution is -0.274. The molecule has 0 atom stereocenters. The van der Waals surface area contributed by atoms with Gasteiger partial charge in [0.05, 0.1) is 4.90 Å². The molecule has 0 saturated carbocycles. The topological polar surface area (TPSA) is 43.4 Å². The van der Waals surface area contributed by atoms with Gasteiger partial charge in [-0.2, -0.15) is 0 Å².